The Morgan fingerprint density at radius 3 is 2.76 bits per heavy atom. The standard InChI is InChI=1S/C16H13BrCl2N2/c1-10-3-2-4-12(19)16(10)21-14-6-5-11(17)9-13(14)20-15(21)7-8-18/h2-6,9H,7-8H2,1H3. The number of nitrogens with zero attached hydrogens (tertiary/aromatic N) is 2. The van der Waals surface area contributed by atoms with E-state index in [4.69, 9.17) is 28.2 Å². The van der Waals surface area contributed by atoms with Crippen LogP contribution in [0.5, 0.6) is 0 Å². The summed E-state index contributed by atoms with van der Waals surface area (Å²) in [5, 5.41) is 0.716. The normalized spacial score (nSPS) is 11.2. The van der Waals surface area contributed by atoms with E-state index >= 15 is 0 Å². The lowest BCUT2D eigenvalue weighted by Gasteiger charge is -2.13. The third kappa shape index (κ3) is 2.70. The maximum Gasteiger partial charge on any atom is 0.115 e. The molecule has 0 aliphatic rings. The van der Waals surface area contributed by atoms with Gasteiger partial charge in [-0.25, -0.2) is 4.98 Å². The van der Waals surface area contributed by atoms with E-state index in [0.717, 1.165) is 32.6 Å². The largest absolute Gasteiger partial charge is 0.294 e. The second-order valence-electron chi connectivity index (χ2n) is 4.84. The first-order valence-electron chi connectivity index (χ1n) is 6.60. The fourth-order valence-electron chi connectivity index (χ4n) is 2.51. The molecule has 3 rings (SSSR count). The summed E-state index contributed by atoms with van der Waals surface area (Å²) in [5.41, 5.74) is 4.06. The molecule has 108 valence electrons. The van der Waals surface area contributed by atoms with E-state index in [0.29, 0.717) is 17.3 Å². The van der Waals surface area contributed by atoms with Gasteiger partial charge in [0.05, 0.1) is 21.7 Å². The van der Waals surface area contributed by atoms with E-state index in [-0.39, 0.29) is 0 Å². The number of imidazole rings is 1. The molecule has 1 heterocycles. The Kier molecular flexibility index (Phi) is 4.25. The Morgan fingerprint density at radius 1 is 1.24 bits per heavy atom. The average Bonchev–Trinajstić information content (AvgIpc) is 2.77. The molecule has 0 radical (unpaired) electrons. The number of fused-ring (bicyclic) bond motifs is 1. The zero-order valence-electron chi connectivity index (χ0n) is 11.4. The van der Waals surface area contributed by atoms with Gasteiger partial charge in [-0.05, 0) is 36.8 Å². The second-order valence-corrected chi connectivity index (χ2v) is 6.54. The Hall–Kier alpha value is -1.03. The molecule has 0 amide bonds. The van der Waals surface area contributed by atoms with Gasteiger partial charge < -0.3 is 0 Å². The van der Waals surface area contributed by atoms with Gasteiger partial charge in [0.15, 0.2) is 0 Å². The van der Waals surface area contributed by atoms with Crippen LogP contribution in [0.15, 0.2) is 40.9 Å². The van der Waals surface area contributed by atoms with Gasteiger partial charge >= 0.3 is 0 Å². The summed E-state index contributed by atoms with van der Waals surface area (Å²) in [4.78, 5) is 4.71. The first-order chi connectivity index (χ1) is 10.1. The number of hydrogen-bond donors (Lipinski definition) is 0. The molecule has 0 saturated carbocycles. The summed E-state index contributed by atoms with van der Waals surface area (Å²) in [5.74, 6) is 1.45. The predicted octanol–water partition coefficient (Wildman–Crippen LogP) is 5.53. The molecule has 0 fully saturated rings. The minimum absolute atomic E-state index is 0.522. The van der Waals surface area contributed by atoms with E-state index in [9.17, 15) is 0 Å². The van der Waals surface area contributed by atoms with Gasteiger partial charge in [0.1, 0.15) is 5.82 Å². The maximum absolute atomic E-state index is 6.43. The summed E-state index contributed by atoms with van der Waals surface area (Å²) < 4.78 is 3.12. The Labute approximate surface area is 141 Å². The highest BCUT2D eigenvalue weighted by molar-refractivity contribution is 9.10. The molecule has 2 aromatic carbocycles. The zero-order chi connectivity index (χ0) is 15.0. The van der Waals surface area contributed by atoms with Crippen LogP contribution in [0.25, 0.3) is 16.7 Å². The third-order valence-electron chi connectivity index (χ3n) is 3.42. The van der Waals surface area contributed by atoms with Crippen molar-refractivity contribution >= 4 is 50.2 Å². The van der Waals surface area contributed by atoms with Crippen LogP contribution in [0.2, 0.25) is 5.02 Å². The van der Waals surface area contributed by atoms with Crippen LogP contribution in [-0.2, 0) is 6.42 Å². The van der Waals surface area contributed by atoms with Crippen LogP contribution >= 0.6 is 39.1 Å². The molecule has 2 nitrogen and oxygen atoms in total. The lowest BCUT2D eigenvalue weighted by atomic mass is 10.2. The van der Waals surface area contributed by atoms with Crippen molar-refractivity contribution in [2.75, 3.05) is 5.88 Å². The minimum Gasteiger partial charge on any atom is -0.294 e. The molecule has 0 unspecified atom stereocenters. The van der Waals surface area contributed by atoms with Crippen molar-refractivity contribution < 1.29 is 0 Å². The summed E-state index contributed by atoms with van der Waals surface area (Å²) >= 11 is 15.9. The third-order valence-corrected chi connectivity index (χ3v) is 4.40. The molecule has 3 aromatic rings. The first kappa shape index (κ1) is 14.9. The van der Waals surface area contributed by atoms with Crippen molar-refractivity contribution in [1.82, 2.24) is 9.55 Å². The average molecular weight is 384 g/mol. The van der Waals surface area contributed by atoms with Crippen LogP contribution in [0.1, 0.15) is 11.4 Å². The van der Waals surface area contributed by atoms with E-state index < -0.39 is 0 Å². The number of rotatable bonds is 3. The number of benzene rings is 2. The van der Waals surface area contributed by atoms with Crippen LogP contribution in [-0.4, -0.2) is 15.4 Å². The fraction of sp³-hybridized carbons (Fsp3) is 0.188. The second kappa shape index (κ2) is 5.99. The number of aromatic nitrogens is 2. The van der Waals surface area contributed by atoms with Gasteiger partial charge in [0.25, 0.3) is 0 Å². The van der Waals surface area contributed by atoms with E-state index in [2.05, 4.69) is 33.5 Å². The highest BCUT2D eigenvalue weighted by atomic mass is 79.9. The number of para-hydroxylation sites is 1. The van der Waals surface area contributed by atoms with Crippen LogP contribution in [0.4, 0.5) is 0 Å². The lowest BCUT2D eigenvalue weighted by Crippen LogP contribution is -2.04. The number of halogens is 3. The van der Waals surface area contributed by atoms with E-state index in [1.54, 1.807) is 0 Å². The molecule has 0 spiro atoms. The van der Waals surface area contributed by atoms with Crippen molar-refractivity contribution in [3.63, 3.8) is 0 Å². The SMILES string of the molecule is Cc1cccc(Cl)c1-n1c(CCCl)nc2cc(Br)ccc21. The molecule has 0 bridgehead atoms. The van der Waals surface area contributed by atoms with Crippen molar-refractivity contribution in [3.05, 3.63) is 57.3 Å². The Morgan fingerprint density at radius 2 is 2.05 bits per heavy atom. The summed E-state index contributed by atoms with van der Waals surface area (Å²) in [6, 6.07) is 12.0. The highest BCUT2D eigenvalue weighted by Gasteiger charge is 2.16. The lowest BCUT2D eigenvalue weighted by molar-refractivity contribution is 0.907. The van der Waals surface area contributed by atoms with Crippen molar-refractivity contribution in [3.8, 4) is 5.69 Å². The molecule has 0 atom stereocenters. The van der Waals surface area contributed by atoms with Crippen molar-refractivity contribution in [1.29, 1.82) is 0 Å². The van der Waals surface area contributed by atoms with Crippen molar-refractivity contribution in [2.24, 2.45) is 0 Å². The maximum atomic E-state index is 6.43. The van der Waals surface area contributed by atoms with Gasteiger partial charge in [-0.3, -0.25) is 4.57 Å². The number of hydrogen-bond acceptors (Lipinski definition) is 1. The molecule has 5 heteroatoms. The zero-order valence-corrected chi connectivity index (χ0v) is 14.5. The molecule has 0 aliphatic heterocycles. The first-order valence-corrected chi connectivity index (χ1v) is 8.30. The Balaban J connectivity index is 2.36. The predicted molar refractivity (Wildman–Crippen MR) is 92.9 cm³/mol. The minimum atomic E-state index is 0.522. The molecular weight excluding hydrogens is 371 g/mol. The summed E-state index contributed by atoms with van der Waals surface area (Å²) in [6.45, 7) is 2.05. The summed E-state index contributed by atoms with van der Waals surface area (Å²) in [6.07, 6.45) is 0.693. The highest BCUT2D eigenvalue weighted by Crippen LogP contribution is 2.31. The molecule has 21 heavy (non-hydrogen) atoms. The monoisotopic (exact) mass is 382 g/mol. The van der Waals surface area contributed by atoms with Gasteiger partial charge in [0.2, 0.25) is 0 Å². The fourth-order valence-corrected chi connectivity index (χ4v) is 3.34. The number of alkyl halides is 1. The van der Waals surface area contributed by atoms with Gasteiger partial charge in [-0.1, -0.05) is 39.7 Å². The smallest absolute Gasteiger partial charge is 0.115 e. The molecular formula is C16H13BrCl2N2. The van der Waals surface area contributed by atoms with Gasteiger partial charge in [-0.2, -0.15) is 0 Å². The van der Waals surface area contributed by atoms with Gasteiger partial charge in [-0.15, -0.1) is 11.6 Å². The van der Waals surface area contributed by atoms with Gasteiger partial charge in [0, 0.05) is 16.8 Å². The van der Waals surface area contributed by atoms with E-state index in [1.807, 2.05) is 30.3 Å². The number of aryl methyl sites for hydroxylation is 2. The van der Waals surface area contributed by atoms with Crippen LogP contribution in [0.3, 0.4) is 0 Å². The summed E-state index contributed by atoms with van der Waals surface area (Å²) in [7, 11) is 0. The van der Waals surface area contributed by atoms with Crippen LogP contribution in [0, 0.1) is 6.92 Å². The van der Waals surface area contributed by atoms with Crippen molar-refractivity contribution in [2.45, 2.75) is 13.3 Å². The quantitative estimate of drug-likeness (QED) is 0.543. The van der Waals surface area contributed by atoms with Crippen LogP contribution < -0.4 is 0 Å². The molecule has 0 aliphatic carbocycles. The molecule has 0 N–H and O–H groups in total. The Bertz CT molecular complexity index is 791. The molecule has 1 aromatic heterocycles. The topological polar surface area (TPSA) is 17.8 Å². The van der Waals surface area contributed by atoms with E-state index in [1.165, 1.54) is 0 Å². The molecule has 0 saturated heterocycles.